The number of carbonyl (C=O) groups is 4. The highest BCUT2D eigenvalue weighted by molar-refractivity contribution is 5.97. The van der Waals surface area contributed by atoms with Gasteiger partial charge < -0.3 is 19.5 Å². The number of esters is 2. The summed E-state index contributed by atoms with van der Waals surface area (Å²) in [6.07, 6.45) is 1.40. The molecule has 0 saturated heterocycles. The predicted molar refractivity (Wildman–Crippen MR) is 143 cm³/mol. The fourth-order valence-electron chi connectivity index (χ4n) is 3.22. The first-order chi connectivity index (χ1) is 19.1. The first kappa shape index (κ1) is 29.0. The van der Waals surface area contributed by atoms with Gasteiger partial charge in [0.25, 0.3) is 11.6 Å². The Morgan fingerprint density at radius 2 is 1.60 bits per heavy atom. The van der Waals surface area contributed by atoms with E-state index < -0.39 is 22.8 Å². The molecule has 0 fully saturated rings. The number of anilines is 1. The van der Waals surface area contributed by atoms with Gasteiger partial charge in [0.15, 0.2) is 11.5 Å². The van der Waals surface area contributed by atoms with Crippen LogP contribution < -0.4 is 25.0 Å². The number of non-ortho nitro benzene ring substituents is 1. The zero-order valence-electron chi connectivity index (χ0n) is 21.6. The van der Waals surface area contributed by atoms with E-state index >= 15 is 0 Å². The standard InChI is InChI=1S/C27H24N4O9/c1-4-25(33)29-20-8-5-17(6-9-20)26(34)30-28-15-19-13-21(31(36)37)10-12-22(19)40-27(35)18-7-11-23(39-16(2)32)24(14-18)38-3/h5-15H,4H2,1-3H3,(H,29,33)(H,30,34)/b28-15+. The first-order valence-electron chi connectivity index (χ1n) is 11.7. The summed E-state index contributed by atoms with van der Waals surface area (Å²) < 4.78 is 15.6. The molecule has 0 bridgehead atoms. The van der Waals surface area contributed by atoms with Crippen molar-refractivity contribution in [2.24, 2.45) is 5.10 Å². The van der Waals surface area contributed by atoms with Crippen LogP contribution in [0.1, 0.15) is 46.5 Å². The fourth-order valence-corrected chi connectivity index (χ4v) is 3.22. The molecule has 0 aliphatic heterocycles. The van der Waals surface area contributed by atoms with Gasteiger partial charge in [0.2, 0.25) is 5.91 Å². The molecule has 0 atom stereocenters. The number of nitrogens with one attached hydrogen (secondary N) is 2. The van der Waals surface area contributed by atoms with Crippen LogP contribution in [0.4, 0.5) is 11.4 Å². The Labute approximate surface area is 227 Å². The highest BCUT2D eigenvalue weighted by atomic mass is 16.6. The summed E-state index contributed by atoms with van der Waals surface area (Å²) in [5.74, 6) is -2.04. The van der Waals surface area contributed by atoms with Gasteiger partial charge >= 0.3 is 11.9 Å². The van der Waals surface area contributed by atoms with Crippen LogP contribution in [0, 0.1) is 10.1 Å². The quantitative estimate of drug-likeness (QED) is 0.125. The van der Waals surface area contributed by atoms with E-state index in [-0.39, 0.29) is 45.5 Å². The summed E-state index contributed by atoms with van der Waals surface area (Å²) >= 11 is 0. The Hall–Kier alpha value is -5.59. The van der Waals surface area contributed by atoms with Gasteiger partial charge in [0.05, 0.1) is 23.8 Å². The Bertz CT molecular complexity index is 1480. The Kier molecular flexibility index (Phi) is 9.62. The number of ether oxygens (including phenoxy) is 3. The third-order valence-corrected chi connectivity index (χ3v) is 5.18. The second kappa shape index (κ2) is 13.3. The lowest BCUT2D eigenvalue weighted by molar-refractivity contribution is -0.384. The van der Waals surface area contributed by atoms with Gasteiger partial charge in [-0.3, -0.25) is 24.5 Å². The van der Waals surface area contributed by atoms with E-state index in [0.29, 0.717) is 12.1 Å². The fraction of sp³-hybridized carbons (Fsp3) is 0.148. The molecule has 3 aromatic rings. The van der Waals surface area contributed by atoms with Gasteiger partial charge in [-0.05, 0) is 48.5 Å². The number of methoxy groups -OCH3 is 1. The number of hydrogen-bond donors (Lipinski definition) is 2. The number of rotatable bonds is 10. The third-order valence-electron chi connectivity index (χ3n) is 5.18. The molecule has 0 aliphatic carbocycles. The molecule has 2 amide bonds. The van der Waals surface area contributed by atoms with Crippen LogP contribution in [-0.4, -0.2) is 42.0 Å². The minimum absolute atomic E-state index is 0.0315. The van der Waals surface area contributed by atoms with Crippen molar-refractivity contribution in [3.63, 3.8) is 0 Å². The summed E-state index contributed by atoms with van der Waals surface area (Å²) in [7, 11) is 1.33. The van der Waals surface area contributed by atoms with E-state index in [2.05, 4.69) is 15.8 Å². The summed E-state index contributed by atoms with van der Waals surface area (Å²) in [4.78, 5) is 58.6. The molecule has 13 heteroatoms. The first-order valence-corrected chi connectivity index (χ1v) is 11.7. The SMILES string of the molecule is CCC(=O)Nc1ccc(C(=O)N/N=C/c2cc([N+](=O)[O-])ccc2OC(=O)c2ccc(OC(C)=O)c(OC)c2)cc1. The number of carbonyl (C=O) groups excluding carboxylic acids is 4. The lowest BCUT2D eigenvalue weighted by Gasteiger charge is -2.11. The number of hydrogen-bond acceptors (Lipinski definition) is 10. The van der Waals surface area contributed by atoms with E-state index in [9.17, 15) is 29.3 Å². The van der Waals surface area contributed by atoms with Crippen molar-refractivity contribution < 1.29 is 38.3 Å². The molecular formula is C27H24N4O9. The molecule has 2 N–H and O–H groups in total. The van der Waals surface area contributed by atoms with Crippen molar-refractivity contribution in [3.8, 4) is 17.2 Å². The minimum Gasteiger partial charge on any atom is -0.493 e. The number of amides is 2. The Morgan fingerprint density at radius 3 is 2.23 bits per heavy atom. The second-order valence-electron chi connectivity index (χ2n) is 8.01. The lowest BCUT2D eigenvalue weighted by Crippen LogP contribution is -2.18. The van der Waals surface area contributed by atoms with E-state index in [0.717, 1.165) is 18.3 Å². The normalized spacial score (nSPS) is 10.5. The van der Waals surface area contributed by atoms with Gasteiger partial charge in [-0.1, -0.05) is 6.92 Å². The summed E-state index contributed by atoms with van der Waals surface area (Å²) in [5.41, 5.74) is 2.83. The van der Waals surface area contributed by atoms with E-state index in [1.165, 1.54) is 50.4 Å². The van der Waals surface area contributed by atoms with Crippen molar-refractivity contribution in [2.45, 2.75) is 20.3 Å². The largest absolute Gasteiger partial charge is 0.493 e. The Balaban J connectivity index is 1.78. The third kappa shape index (κ3) is 7.71. The van der Waals surface area contributed by atoms with Crippen molar-refractivity contribution >= 4 is 41.3 Å². The smallest absolute Gasteiger partial charge is 0.343 e. The monoisotopic (exact) mass is 548 g/mol. The van der Waals surface area contributed by atoms with Gasteiger partial charge in [-0.25, -0.2) is 10.2 Å². The molecule has 3 rings (SSSR count). The lowest BCUT2D eigenvalue weighted by atomic mass is 10.1. The maximum Gasteiger partial charge on any atom is 0.343 e. The minimum atomic E-state index is -0.838. The van der Waals surface area contributed by atoms with Gasteiger partial charge in [-0.2, -0.15) is 5.10 Å². The van der Waals surface area contributed by atoms with Gasteiger partial charge in [0, 0.05) is 42.3 Å². The number of nitro groups is 1. The average Bonchev–Trinajstić information content (AvgIpc) is 2.93. The molecule has 0 radical (unpaired) electrons. The van der Waals surface area contributed by atoms with Gasteiger partial charge in [0.1, 0.15) is 5.75 Å². The second-order valence-corrected chi connectivity index (χ2v) is 8.01. The molecule has 0 aromatic heterocycles. The molecule has 0 unspecified atom stereocenters. The average molecular weight is 549 g/mol. The van der Waals surface area contributed by atoms with Crippen molar-refractivity contribution in [3.05, 3.63) is 87.5 Å². The van der Waals surface area contributed by atoms with Crippen LogP contribution in [-0.2, 0) is 9.59 Å². The van der Waals surface area contributed by atoms with Crippen LogP contribution in [0.5, 0.6) is 17.2 Å². The number of benzene rings is 3. The van der Waals surface area contributed by atoms with Crippen LogP contribution in [0.2, 0.25) is 0 Å². The van der Waals surface area contributed by atoms with E-state index in [1.54, 1.807) is 19.1 Å². The molecule has 0 spiro atoms. The van der Waals surface area contributed by atoms with Crippen LogP contribution >= 0.6 is 0 Å². The summed E-state index contributed by atoms with van der Waals surface area (Å²) in [6.45, 7) is 2.93. The maximum atomic E-state index is 12.8. The zero-order chi connectivity index (χ0) is 29.2. The predicted octanol–water partition coefficient (Wildman–Crippen LogP) is 3.86. The Morgan fingerprint density at radius 1 is 0.925 bits per heavy atom. The molecule has 0 heterocycles. The van der Waals surface area contributed by atoms with Gasteiger partial charge in [-0.15, -0.1) is 0 Å². The molecule has 3 aromatic carbocycles. The summed E-state index contributed by atoms with van der Waals surface area (Å²) in [6, 6.07) is 13.6. The van der Waals surface area contributed by atoms with Crippen LogP contribution in [0.3, 0.4) is 0 Å². The van der Waals surface area contributed by atoms with Crippen LogP contribution in [0.25, 0.3) is 0 Å². The molecule has 0 aliphatic rings. The van der Waals surface area contributed by atoms with E-state index in [4.69, 9.17) is 14.2 Å². The number of nitro benzene ring substituents is 1. The molecule has 13 nitrogen and oxygen atoms in total. The van der Waals surface area contributed by atoms with Crippen molar-refractivity contribution in [1.82, 2.24) is 5.43 Å². The van der Waals surface area contributed by atoms with Crippen molar-refractivity contribution in [1.29, 1.82) is 0 Å². The maximum absolute atomic E-state index is 12.8. The molecular weight excluding hydrogens is 524 g/mol. The highest BCUT2D eigenvalue weighted by Gasteiger charge is 2.18. The summed E-state index contributed by atoms with van der Waals surface area (Å²) in [5, 5.41) is 17.8. The van der Waals surface area contributed by atoms with Crippen molar-refractivity contribution in [2.75, 3.05) is 12.4 Å². The number of hydrazone groups is 1. The highest BCUT2D eigenvalue weighted by Crippen LogP contribution is 2.29. The number of nitrogens with zero attached hydrogens (tertiary/aromatic N) is 2. The van der Waals surface area contributed by atoms with Crippen LogP contribution in [0.15, 0.2) is 65.8 Å². The molecule has 0 saturated carbocycles. The molecule has 206 valence electrons. The van der Waals surface area contributed by atoms with E-state index in [1.807, 2.05) is 0 Å². The zero-order valence-corrected chi connectivity index (χ0v) is 21.6. The molecule has 40 heavy (non-hydrogen) atoms. The topological polar surface area (TPSA) is 176 Å².